The number of carbonyl (C=O) groups excluding carboxylic acids is 3. The van der Waals surface area contributed by atoms with Crippen molar-refractivity contribution >= 4 is 29.8 Å². The van der Waals surface area contributed by atoms with E-state index in [1.54, 1.807) is 18.2 Å². The number of carbonyl (C=O) groups is 4. The molecule has 1 aromatic rings. The minimum atomic E-state index is -1.05. The van der Waals surface area contributed by atoms with Crippen molar-refractivity contribution in [2.75, 3.05) is 0 Å². The Morgan fingerprint density at radius 1 is 1.29 bits per heavy atom. The minimum absolute atomic E-state index is 0.242. The largest absolute Gasteiger partial charge is 0.478 e. The third-order valence-electron chi connectivity index (χ3n) is 4.20. The number of carboxylic acid groups (broad SMARTS) is 1. The van der Waals surface area contributed by atoms with Gasteiger partial charge in [-0.05, 0) is 42.2 Å². The highest BCUT2D eigenvalue weighted by molar-refractivity contribution is 6.04. The molecule has 1 aromatic carbocycles. The van der Waals surface area contributed by atoms with Crippen molar-refractivity contribution in [1.29, 1.82) is 0 Å². The van der Waals surface area contributed by atoms with Gasteiger partial charge in [0, 0.05) is 24.6 Å². The number of hydrogen-bond acceptors (Lipinski definition) is 4. The monoisotopic (exact) mass is 328 g/mol. The number of amides is 3. The van der Waals surface area contributed by atoms with Gasteiger partial charge in [0.1, 0.15) is 6.04 Å². The molecule has 2 N–H and O–H groups in total. The van der Waals surface area contributed by atoms with E-state index in [9.17, 15) is 19.2 Å². The van der Waals surface area contributed by atoms with E-state index in [1.807, 2.05) is 0 Å². The molecular formula is C17H16N2O5. The lowest BCUT2D eigenvalue weighted by atomic mass is 10.1. The molecule has 7 heteroatoms. The van der Waals surface area contributed by atoms with E-state index < -0.39 is 17.9 Å². The van der Waals surface area contributed by atoms with E-state index in [0.29, 0.717) is 24.0 Å². The molecule has 3 rings (SSSR count). The van der Waals surface area contributed by atoms with Crippen molar-refractivity contribution in [3.8, 4) is 0 Å². The van der Waals surface area contributed by atoms with Crippen LogP contribution in [0, 0.1) is 0 Å². The number of nitrogens with zero attached hydrogens (tertiary/aromatic N) is 1. The molecule has 24 heavy (non-hydrogen) atoms. The lowest BCUT2D eigenvalue weighted by molar-refractivity contribution is -0.133. The molecule has 0 spiro atoms. The number of hydrogen-bond donors (Lipinski definition) is 2. The van der Waals surface area contributed by atoms with E-state index >= 15 is 0 Å². The van der Waals surface area contributed by atoms with Crippen LogP contribution in [0.3, 0.4) is 0 Å². The molecule has 0 saturated carbocycles. The smallest absolute Gasteiger partial charge is 0.328 e. The fraction of sp³-hybridized carbons (Fsp3) is 0.294. The van der Waals surface area contributed by atoms with Crippen molar-refractivity contribution < 1.29 is 24.3 Å². The molecule has 1 saturated heterocycles. The van der Waals surface area contributed by atoms with Crippen LogP contribution < -0.4 is 5.32 Å². The molecule has 0 aliphatic carbocycles. The molecule has 0 radical (unpaired) electrons. The Hall–Kier alpha value is -2.96. The van der Waals surface area contributed by atoms with Crippen LogP contribution in [0.2, 0.25) is 0 Å². The Labute approximate surface area is 137 Å². The van der Waals surface area contributed by atoms with E-state index in [1.165, 1.54) is 11.0 Å². The van der Waals surface area contributed by atoms with Gasteiger partial charge in [0.05, 0.1) is 0 Å². The van der Waals surface area contributed by atoms with Crippen LogP contribution in [-0.4, -0.2) is 39.7 Å². The summed E-state index contributed by atoms with van der Waals surface area (Å²) in [6, 6.07) is 4.39. The van der Waals surface area contributed by atoms with Gasteiger partial charge in [-0.15, -0.1) is 0 Å². The Morgan fingerprint density at radius 2 is 2.08 bits per heavy atom. The predicted molar refractivity (Wildman–Crippen MR) is 83.8 cm³/mol. The third kappa shape index (κ3) is 3.05. The van der Waals surface area contributed by atoms with Gasteiger partial charge < -0.3 is 10.0 Å². The molecule has 1 fully saturated rings. The van der Waals surface area contributed by atoms with Gasteiger partial charge in [-0.25, -0.2) is 4.79 Å². The average Bonchev–Trinajstić information content (AvgIpc) is 2.75. The second kappa shape index (κ2) is 6.27. The van der Waals surface area contributed by atoms with E-state index in [0.717, 1.165) is 11.6 Å². The quantitative estimate of drug-likeness (QED) is 0.635. The molecule has 0 aromatic heterocycles. The summed E-state index contributed by atoms with van der Waals surface area (Å²) in [6.45, 7) is 0.273. The summed E-state index contributed by atoms with van der Waals surface area (Å²) in [6.07, 6.45) is 3.76. The lowest BCUT2D eigenvalue weighted by Crippen LogP contribution is -2.46. The Kier molecular flexibility index (Phi) is 4.16. The lowest BCUT2D eigenvalue weighted by Gasteiger charge is -2.24. The summed E-state index contributed by atoms with van der Waals surface area (Å²) in [7, 11) is 0. The van der Waals surface area contributed by atoms with Crippen molar-refractivity contribution in [1.82, 2.24) is 10.2 Å². The SMILES string of the molecule is O=C(O)/C=C/c1ccc2c(c1)CN(C1CCCC(=O)NC1=O)C2=O. The molecule has 3 amide bonds. The van der Waals surface area contributed by atoms with Crippen LogP contribution >= 0.6 is 0 Å². The van der Waals surface area contributed by atoms with Crippen molar-refractivity contribution in [2.45, 2.75) is 31.8 Å². The number of nitrogens with one attached hydrogen (secondary N) is 1. The molecule has 7 nitrogen and oxygen atoms in total. The number of rotatable bonds is 3. The number of benzene rings is 1. The fourth-order valence-corrected chi connectivity index (χ4v) is 3.05. The van der Waals surface area contributed by atoms with Crippen molar-refractivity contribution in [3.05, 3.63) is 41.0 Å². The highest BCUT2D eigenvalue weighted by atomic mass is 16.4. The topological polar surface area (TPSA) is 104 Å². The molecule has 0 bridgehead atoms. The van der Waals surface area contributed by atoms with Gasteiger partial charge in [-0.2, -0.15) is 0 Å². The van der Waals surface area contributed by atoms with Crippen LogP contribution in [-0.2, 0) is 20.9 Å². The van der Waals surface area contributed by atoms with Gasteiger partial charge in [0.15, 0.2) is 0 Å². The normalized spacial score (nSPS) is 20.9. The maximum atomic E-state index is 12.6. The van der Waals surface area contributed by atoms with Crippen LogP contribution in [0.4, 0.5) is 0 Å². The molecule has 1 atom stereocenters. The Balaban J connectivity index is 1.83. The van der Waals surface area contributed by atoms with Crippen LogP contribution in [0.15, 0.2) is 24.3 Å². The maximum absolute atomic E-state index is 12.6. The second-order valence-corrected chi connectivity index (χ2v) is 5.84. The number of aliphatic carboxylic acids is 1. The van der Waals surface area contributed by atoms with Crippen molar-refractivity contribution in [3.63, 3.8) is 0 Å². The first kappa shape index (κ1) is 15.9. The first-order chi connectivity index (χ1) is 11.5. The molecule has 2 aliphatic rings. The zero-order chi connectivity index (χ0) is 17.3. The Morgan fingerprint density at radius 3 is 2.83 bits per heavy atom. The zero-order valence-electron chi connectivity index (χ0n) is 12.8. The minimum Gasteiger partial charge on any atom is -0.478 e. The summed E-state index contributed by atoms with van der Waals surface area (Å²) in [5, 5.41) is 11.0. The summed E-state index contributed by atoms with van der Waals surface area (Å²) in [5.74, 6) is -2.04. The summed E-state index contributed by atoms with van der Waals surface area (Å²) < 4.78 is 0. The van der Waals surface area contributed by atoms with Gasteiger partial charge in [0.25, 0.3) is 5.91 Å². The first-order valence-corrected chi connectivity index (χ1v) is 7.64. The highest BCUT2D eigenvalue weighted by Crippen LogP contribution is 2.28. The molecular weight excluding hydrogens is 312 g/mol. The fourth-order valence-electron chi connectivity index (χ4n) is 3.05. The average molecular weight is 328 g/mol. The summed E-state index contributed by atoms with van der Waals surface area (Å²) in [4.78, 5) is 48.2. The van der Waals surface area contributed by atoms with Crippen LogP contribution in [0.5, 0.6) is 0 Å². The summed E-state index contributed by atoms with van der Waals surface area (Å²) in [5.41, 5.74) is 1.92. The van der Waals surface area contributed by atoms with Gasteiger partial charge >= 0.3 is 5.97 Å². The molecule has 1 unspecified atom stereocenters. The Bertz CT molecular complexity index is 768. The van der Waals surface area contributed by atoms with E-state index in [4.69, 9.17) is 5.11 Å². The number of imide groups is 1. The van der Waals surface area contributed by atoms with Gasteiger partial charge in [-0.1, -0.05) is 6.07 Å². The molecule has 124 valence electrons. The highest BCUT2D eigenvalue weighted by Gasteiger charge is 2.37. The maximum Gasteiger partial charge on any atom is 0.328 e. The third-order valence-corrected chi connectivity index (χ3v) is 4.20. The molecule has 2 aliphatic heterocycles. The van der Waals surface area contributed by atoms with Gasteiger partial charge in [-0.3, -0.25) is 19.7 Å². The van der Waals surface area contributed by atoms with Crippen LogP contribution in [0.1, 0.15) is 40.7 Å². The first-order valence-electron chi connectivity index (χ1n) is 7.64. The van der Waals surface area contributed by atoms with Crippen LogP contribution in [0.25, 0.3) is 6.08 Å². The van der Waals surface area contributed by atoms with Crippen molar-refractivity contribution in [2.24, 2.45) is 0 Å². The number of carboxylic acids is 1. The number of fused-ring (bicyclic) bond motifs is 1. The molecule has 2 heterocycles. The van der Waals surface area contributed by atoms with E-state index in [-0.39, 0.29) is 24.8 Å². The predicted octanol–water partition coefficient (Wildman–Crippen LogP) is 0.935. The second-order valence-electron chi connectivity index (χ2n) is 5.84. The standard InChI is InChI=1S/C17H16N2O5/c20-14-3-1-2-13(16(23)18-14)19-9-11-8-10(5-7-15(21)22)4-6-12(11)17(19)24/h4-8,13H,1-3,9H2,(H,21,22)(H,18,20,23)/b7-5+. The zero-order valence-corrected chi connectivity index (χ0v) is 12.8. The van der Waals surface area contributed by atoms with E-state index in [2.05, 4.69) is 5.32 Å². The summed E-state index contributed by atoms with van der Waals surface area (Å²) >= 11 is 0. The van der Waals surface area contributed by atoms with Gasteiger partial charge in [0.2, 0.25) is 11.8 Å².